The van der Waals surface area contributed by atoms with Gasteiger partial charge in [0.05, 0.1) is 18.8 Å². The Balaban J connectivity index is 1.98. The number of hydrogen-bond donors (Lipinski definition) is 2. The normalized spacial score (nSPS) is 49.6. The molecule has 0 amide bonds. The smallest absolute Gasteiger partial charge is 0.113 e. The molecule has 0 bridgehead atoms. The van der Waals surface area contributed by atoms with Gasteiger partial charge in [0.15, 0.2) is 0 Å². The standard InChI is InChI=1S/C8H13IO4/c9-2-4-1-5-8(12-4)7(11)6(3-10)13-5/h4-8,10-11H,1-3H2/t4?,5-,6+,7+,8+/m0/s1. The van der Waals surface area contributed by atoms with Crippen LogP contribution in [0.5, 0.6) is 0 Å². The van der Waals surface area contributed by atoms with Gasteiger partial charge in [-0.3, -0.25) is 0 Å². The molecule has 0 aromatic carbocycles. The number of aliphatic hydroxyl groups excluding tert-OH is 2. The first-order chi connectivity index (χ1) is 6.26. The van der Waals surface area contributed by atoms with Crippen LogP contribution in [0.25, 0.3) is 0 Å². The SMILES string of the molecule is OC[C@H]1O[C@H]2CC(CI)O[C@H]2[C@@H]1O. The Labute approximate surface area is 90.4 Å². The fraction of sp³-hybridized carbons (Fsp3) is 1.00. The minimum Gasteiger partial charge on any atom is -0.394 e. The highest BCUT2D eigenvalue weighted by molar-refractivity contribution is 14.1. The van der Waals surface area contributed by atoms with Crippen LogP contribution in [-0.4, -0.2) is 51.8 Å². The lowest BCUT2D eigenvalue weighted by atomic mass is 10.1. The van der Waals surface area contributed by atoms with Crippen LogP contribution < -0.4 is 0 Å². The van der Waals surface area contributed by atoms with Gasteiger partial charge in [-0.25, -0.2) is 0 Å². The van der Waals surface area contributed by atoms with E-state index in [1.807, 2.05) is 0 Å². The van der Waals surface area contributed by atoms with E-state index in [4.69, 9.17) is 14.6 Å². The lowest BCUT2D eigenvalue weighted by Gasteiger charge is -2.16. The van der Waals surface area contributed by atoms with Crippen molar-refractivity contribution in [2.24, 2.45) is 0 Å². The van der Waals surface area contributed by atoms with Crippen molar-refractivity contribution < 1.29 is 19.7 Å². The maximum Gasteiger partial charge on any atom is 0.113 e. The van der Waals surface area contributed by atoms with Gasteiger partial charge in [0.25, 0.3) is 0 Å². The summed E-state index contributed by atoms with van der Waals surface area (Å²) in [5.74, 6) is 0. The molecule has 1 unspecified atom stereocenters. The first-order valence-corrected chi connectivity index (χ1v) is 5.94. The van der Waals surface area contributed by atoms with Gasteiger partial charge in [-0.15, -0.1) is 0 Å². The monoisotopic (exact) mass is 300 g/mol. The summed E-state index contributed by atoms with van der Waals surface area (Å²) in [6, 6.07) is 0. The topological polar surface area (TPSA) is 58.9 Å². The van der Waals surface area contributed by atoms with Crippen molar-refractivity contribution in [3.05, 3.63) is 0 Å². The predicted molar refractivity (Wildman–Crippen MR) is 53.9 cm³/mol. The Kier molecular flexibility index (Phi) is 3.09. The molecule has 0 aromatic rings. The maximum absolute atomic E-state index is 9.66. The van der Waals surface area contributed by atoms with Crippen molar-refractivity contribution in [3.63, 3.8) is 0 Å². The molecule has 0 saturated carbocycles. The van der Waals surface area contributed by atoms with Crippen molar-refractivity contribution in [1.29, 1.82) is 0 Å². The van der Waals surface area contributed by atoms with Crippen LogP contribution in [0.3, 0.4) is 0 Å². The van der Waals surface area contributed by atoms with E-state index in [0.29, 0.717) is 0 Å². The van der Waals surface area contributed by atoms with Gasteiger partial charge in [-0.05, 0) is 0 Å². The zero-order valence-corrected chi connectivity index (χ0v) is 9.25. The number of hydrogen-bond acceptors (Lipinski definition) is 4. The molecule has 0 spiro atoms. The first-order valence-electron chi connectivity index (χ1n) is 4.42. The van der Waals surface area contributed by atoms with E-state index in [-0.39, 0.29) is 24.9 Å². The van der Waals surface area contributed by atoms with Crippen LogP contribution in [0, 0.1) is 0 Å². The Morgan fingerprint density at radius 1 is 1.38 bits per heavy atom. The van der Waals surface area contributed by atoms with Crippen molar-refractivity contribution in [1.82, 2.24) is 0 Å². The molecule has 2 N–H and O–H groups in total. The molecule has 5 atom stereocenters. The summed E-state index contributed by atoms with van der Waals surface area (Å²) in [5, 5.41) is 18.5. The zero-order valence-electron chi connectivity index (χ0n) is 7.10. The lowest BCUT2D eigenvalue weighted by Crippen LogP contribution is -2.34. The second kappa shape index (κ2) is 3.98. The number of halogens is 1. The van der Waals surface area contributed by atoms with Gasteiger partial charge >= 0.3 is 0 Å². The van der Waals surface area contributed by atoms with Gasteiger partial charge in [0, 0.05) is 10.8 Å². The molecule has 76 valence electrons. The summed E-state index contributed by atoms with van der Waals surface area (Å²) in [5.41, 5.74) is 0. The van der Waals surface area contributed by atoms with Crippen LogP contribution in [0.2, 0.25) is 0 Å². The molecule has 4 nitrogen and oxygen atoms in total. The largest absolute Gasteiger partial charge is 0.394 e. The lowest BCUT2D eigenvalue weighted by molar-refractivity contribution is -0.0472. The second-order valence-corrected chi connectivity index (χ2v) is 4.38. The summed E-state index contributed by atoms with van der Waals surface area (Å²) in [6.45, 7) is -0.133. The van der Waals surface area contributed by atoms with Crippen molar-refractivity contribution in [2.45, 2.75) is 36.9 Å². The highest BCUT2D eigenvalue weighted by Crippen LogP contribution is 2.34. The Morgan fingerprint density at radius 2 is 2.15 bits per heavy atom. The van der Waals surface area contributed by atoms with E-state index in [9.17, 15) is 5.11 Å². The molecule has 2 aliphatic heterocycles. The highest BCUT2D eigenvalue weighted by atomic mass is 127. The van der Waals surface area contributed by atoms with E-state index < -0.39 is 12.2 Å². The van der Waals surface area contributed by atoms with Crippen LogP contribution >= 0.6 is 22.6 Å². The van der Waals surface area contributed by atoms with Crippen LogP contribution in [0.4, 0.5) is 0 Å². The molecule has 0 aliphatic carbocycles. The number of fused-ring (bicyclic) bond motifs is 1. The second-order valence-electron chi connectivity index (χ2n) is 3.50. The molecule has 2 rings (SSSR count). The van der Waals surface area contributed by atoms with Crippen molar-refractivity contribution in [3.8, 4) is 0 Å². The molecule has 2 heterocycles. The van der Waals surface area contributed by atoms with E-state index in [2.05, 4.69) is 22.6 Å². The highest BCUT2D eigenvalue weighted by Gasteiger charge is 2.49. The van der Waals surface area contributed by atoms with Crippen LogP contribution in [0.15, 0.2) is 0 Å². The molecule has 2 aliphatic rings. The van der Waals surface area contributed by atoms with Gasteiger partial charge in [-0.1, -0.05) is 22.6 Å². The summed E-state index contributed by atoms with van der Waals surface area (Å²) in [6.07, 6.45) is -0.330. The molecule has 2 fully saturated rings. The Bertz CT molecular complexity index is 189. The predicted octanol–water partition coefficient (Wildman–Crippen LogP) is -0.301. The third-order valence-electron chi connectivity index (χ3n) is 2.63. The maximum atomic E-state index is 9.66. The molecule has 5 heteroatoms. The summed E-state index contributed by atoms with van der Waals surface area (Å²) < 4.78 is 12.0. The summed E-state index contributed by atoms with van der Waals surface area (Å²) in [4.78, 5) is 0. The van der Waals surface area contributed by atoms with Crippen LogP contribution in [-0.2, 0) is 9.47 Å². The molecule has 0 radical (unpaired) electrons. The van der Waals surface area contributed by atoms with Gasteiger partial charge in [0.2, 0.25) is 0 Å². The average molecular weight is 300 g/mol. The third kappa shape index (κ3) is 1.72. The van der Waals surface area contributed by atoms with Gasteiger partial charge in [0.1, 0.15) is 18.3 Å². The number of ether oxygens (including phenoxy) is 2. The summed E-state index contributed by atoms with van der Waals surface area (Å²) >= 11 is 2.26. The van der Waals surface area contributed by atoms with Crippen molar-refractivity contribution in [2.75, 3.05) is 11.0 Å². The average Bonchev–Trinajstić information content (AvgIpc) is 2.65. The molecule has 13 heavy (non-hydrogen) atoms. The third-order valence-corrected chi connectivity index (χ3v) is 3.61. The first kappa shape index (κ1) is 10.1. The Hall–Kier alpha value is 0.570. The number of rotatable bonds is 2. The van der Waals surface area contributed by atoms with E-state index in [1.54, 1.807) is 0 Å². The number of aliphatic hydroxyl groups is 2. The van der Waals surface area contributed by atoms with Gasteiger partial charge in [-0.2, -0.15) is 0 Å². The van der Waals surface area contributed by atoms with Crippen LogP contribution in [0.1, 0.15) is 6.42 Å². The zero-order chi connectivity index (χ0) is 9.42. The fourth-order valence-electron chi connectivity index (χ4n) is 1.96. The Morgan fingerprint density at radius 3 is 2.69 bits per heavy atom. The van der Waals surface area contributed by atoms with E-state index in [0.717, 1.165) is 10.8 Å². The van der Waals surface area contributed by atoms with Gasteiger partial charge < -0.3 is 19.7 Å². The molecule has 0 aromatic heterocycles. The molecular weight excluding hydrogens is 287 g/mol. The van der Waals surface area contributed by atoms with Crippen molar-refractivity contribution >= 4 is 22.6 Å². The molecule has 2 saturated heterocycles. The minimum absolute atomic E-state index is 0.0214. The van der Waals surface area contributed by atoms with E-state index in [1.165, 1.54) is 0 Å². The summed E-state index contributed by atoms with van der Waals surface area (Å²) in [7, 11) is 0. The van der Waals surface area contributed by atoms with E-state index >= 15 is 0 Å². The fourth-order valence-corrected chi connectivity index (χ4v) is 2.53. The quantitative estimate of drug-likeness (QED) is 0.543. The number of alkyl halides is 1. The molecular formula is C8H13IO4. The minimum atomic E-state index is -0.664.